The van der Waals surface area contributed by atoms with E-state index >= 15 is 0 Å². The van der Waals surface area contributed by atoms with Gasteiger partial charge in [0.15, 0.2) is 0 Å². The number of hydrogen-bond acceptors (Lipinski definition) is 6. The molecular formula is C23H28O6. The van der Waals surface area contributed by atoms with Crippen molar-refractivity contribution in [2.45, 2.75) is 19.4 Å². The summed E-state index contributed by atoms with van der Waals surface area (Å²) in [4.78, 5) is 0. The summed E-state index contributed by atoms with van der Waals surface area (Å²) in [6.07, 6.45) is 0. The van der Waals surface area contributed by atoms with E-state index in [2.05, 4.69) is 0 Å². The molecule has 2 unspecified atom stereocenters. The standard InChI is InChI=1S/C23H28O6/c1-13-14(2)23(24,20-16(22(13)29-7)9-8-10-17(20)26-4)21-18(27-5)11-15(25-3)12-19(21)28-6/h8-12,14,24H,1-7H3. The molecule has 0 heterocycles. The van der Waals surface area contributed by atoms with E-state index in [-0.39, 0.29) is 5.92 Å². The first-order valence-electron chi connectivity index (χ1n) is 9.34. The van der Waals surface area contributed by atoms with Gasteiger partial charge in [-0.15, -0.1) is 0 Å². The molecule has 29 heavy (non-hydrogen) atoms. The highest BCUT2D eigenvalue weighted by Crippen LogP contribution is 2.56. The Morgan fingerprint density at radius 2 is 1.38 bits per heavy atom. The van der Waals surface area contributed by atoms with Gasteiger partial charge in [-0.3, -0.25) is 0 Å². The summed E-state index contributed by atoms with van der Waals surface area (Å²) in [6.45, 7) is 3.91. The van der Waals surface area contributed by atoms with Gasteiger partial charge >= 0.3 is 0 Å². The van der Waals surface area contributed by atoms with Gasteiger partial charge in [0, 0.05) is 29.2 Å². The summed E-state index contributed by atoms with van der Waals surface area (Å²) in [5, 5.41) is 12.4. The van der Waals surface area contributed by atoms with Crippen molar-refractivity contribution in [3.8, 4) is 23.0 Å². The molecule has 0 radical (unpaired) electrons. The third kappa shape index (κ3) is 2.99. The molecule has 0 saturated carbocycles. The summed E-state index contributed by atoms with van der Waals surface area (Å²) in [5.41, 5.74) is 1.31. The molecule has 0 bridgehead atoms. The first-order valence-corrected chi connectivity index (χ1v) is 9.34. The fraction of sp³-hybridized carbons (Fsp3) is 0.391. The summed E-state index contributed by atoms with van der Waals surface area (Å²) < 4.78 is 28.1. The lowest BCUT2D eigenvalue weighted by molar-refractivity contribution is 0.0277. The molecule has 156 valence electrons. The molecule has 1 aliphatic rings. The predicted molar refractivity (Wildman–Crippen MR) is 111 cm³/mol. The number of methoxy groups -OCH3 is 5. The lowest BCUT2D eigenvalue weighted by atomic mass is 9.67. The number of ether oxygens (including phenoxy) is 5. The predicted octanol–water partition coefficient (Wildman–Crippen LogP) is 3.98. The fourth-order valence-corrected chi connectivity index (χ4v) is 4.22. The zero-order valence-electron chi connectivity index (χ0n) is 18.0. The molecule has 0 aromatic heterocycles. The summed E-state index contributed by atoms with van der Waals surface area (Å²) >= 11 is 0. The van der Waals surface area contributed by atoms with Crippen LogP contribution in [0.4, 0.5) is 0 Å². The zero-order valence-corrected chi connectivity index (χ0v) is 18.0. The number of rotatable bonds is 6. The molecule has 0 aliphatic heterocycles. The quantitative estimate of drug-likeness (QED) is 0.791. The third-order valence-electron chi connectivity index (χ3n) is 5.81. The van der Waals surface area contributed by atoms with Gasteiger partial charge in [0.1, 0.15) is 34.4 Å². The summed E-state index contributed by atoms with van der Waals surface area (Å²) in [5.74, 6) is 2.42. The normalized spacial score (nSPS) is 20.8. The minimum absolute atomic E-state index is 0.350. The maximum Gasteiger partial charge on any atom is 0.132 e. The largest absolute Gasteiger partial charge is 0.496 e. The Balaban J connectivity index is 2.47. The first kappa shape index (κ1) is 20.9. The summed E-state index contributed by atoms with van der Waals surface area (Å²) in [7, 11) is 7.90. The Bertz CT molecular complexity index is 923. The Kier molecular flexibility index (Phi) is 5.66. The molecule has 0 saturated heterocycles. The van der Waals surface area contributed by atoms with Crippen LogP contribution in [0.25, 0.3) is 5.76 Å². The van der Waals surface area contributed by atoms with Crippen molar-refractivity contribution in [3.63, 3.8) is 0 Å². The number of benzene rings is 2. The van der Waals surface area contributed by atoms with Crippen LogP contribution in [-0.4, -0.2) is 40.7 Å². The topological polar surface area (TPSA) is 66.4 Å². The first-order chi connectivity index (χ1) is 13.9. The van der Waals surface area contributed by atoms with Crippen LogP contribution < -0.4 is 18.9 Å². The van der Waals surface area contributed by atoms with Crippen molar-refractivity contribution in [2.24, 2.45) is 5.92 Å². The SMILES string of the molecule is COC1=C(C)C(C)C(O)(c2c(OC)cc(OC)cc2OC)c2c(OC)cccc21. The van der Waals surface area contributed by atoms with E-state index in [9.17, 15) is 5.11 Å². The van der Waals surface area contributed by atoms with Crippen molar-refractivity contribution >= 4 is 5.76 Å². The van der Waals surface area contributed by atoms with E-state index < -0.39 is 5.60 Å². The van der Waals surface area contributed by atoms with Crippen molar-refractivity contribution in [1.29, 1.82) is 0 Å². The Morgan fingerprint density at radius 1 is 0.793 bits per heavy atom. The average molecular weight is 400 g/mol. The van der Waals surface area contributed by atoms with Gasteiger partial charge in [0.25, 0.3) is 0 Å². The molecule has 0 spiro atoms. The van der Waals surface area contributed by atoms with Crippen LogP contribution in [0.2, 0.25) is 0 Å². The second-order valence-corrected chi connectivity index (χ2v) is 6.99. The Labute approximate surface area is 171 Å². The van der Waals surface area contributed by atoms with E-state index in [0.717, 1.165) is 16.9 Å². The smallest absolute Gasteiger partial charge is 0.132 e. The van der Waals surface area contributed by atoms with E-state index in [1.165, 1.54) is 0 Å². The molecule has 6 heteroatoms. The second kappa shape index (κ2) is 7.87. The van der Waals surface area contributed by atoms with Gasteiger partial charge in [-0.05, 0) is 18.6 Å². The minimum Gasteiger partial charge on any atom is -0.496 e. The summed E-state index contributed by atoms with van der Waals surface area (Å²) in [6, 6.07) is 9.10. The van der Waals surface area contributed by atoms with E-state index in [4.69, 9.17) is 23.7 Å². The van der Waals surface area contributed by atoms with E-state index in [1.54, 1.807) is 47.7 Å². The van der Waals surface area contributed by atoms with Crippen molar-refractivity contribution in [2.75, 3.05) is 35.5 Å². The van der Waals surface area contributed by atoms with Gasteiger partial charge in [-0.1, -0.05) is 19.1 Å². The van der Waals surface area contributed by atoms with E-state index in [1.807, 2.05) is 32.0 Å². The fourth-order valence-electron chi connectivity index (χ4n) is 4.22. The molecule has 2 aromatic rings. The van der Waals surface area contributed by atoms with Crippen LogP contribution >= 0.6 is 0 Å². The molecule has 1 aliphatic carbocycles. The highest BCUT2D eigenvalue weighted by molar-refractivity contribution is 5.76. The van der Waals surface area contributed by atoms with Crippen LogP contribution in [0.1, 0.15) is 30.5 Å². The molecule has 1 N–H and O–H groups in total. The molecule has 0 fully saturated rings. The molecule has 2 atom stereocenters. The van der Waals surface area contributed by atoms with Crippen molar-refractivity contribution in [1.82, 2.24) is 0 Å². The van der Waals surface area contributed by atoms with Crippen LogP contribution in [0, 0.1) is 5.92 Å². The molecule has 6 nitrogen and oxygen atoms in total. The van der Waals surface area contributed by atoms with Crippen LogP contribution in [0.3, 0.4) is 0 Å². The van der Waals surface area contributed by atoms with Crippen LogP contribution in [0.5, 0.6) is 23.0 Å². The van der Waals surface area contributed by atoms with E-state index in [0.29, 0.717) is 34.1 Å². The van der Waals surface area contributed by atoms with Gasteiger partial charge in [-0.25, -0.2) is 0 Å². The third-order valence-corrected chi connectivity index (χ3v) is 5.81. The average Bonchev–Trinajstić information content (AvgIpc) is 2.76. The number of aliphatic hydroxyl groups is 1. The molecule has 3 rings (SSSR count). The van der Waals surface area contributed by atoms with Gasteiger partial charge < -0.3 is 28.8 Å². The molecule has 2 aromatic carbocycles. The Morgan fingerprint density at radius 3 is 1.86 bits per heavy atom. The van der Waals surface area contributed by atoms with Crippen molar-refractivity contribution < 1.29 is 28.8 Å². The second-order valence-electron chi connectivity index (χ2n) is 6.99. The van der Waals surface area contributed by atoms with Crippen LogP contribution in [-0.2, 0) is 10.3 Å². The van der Waals surface area contributed by atoms with Crippen LogP contribution in [0.15, 0.2) is 35.9 Å². The monoisotopic (exact) mass is 400 g/mol. The minimum atomic E-state index is -1.49. The molecule has 0 amide bonds. The highest BCUT2D eigenvalue weighted by atomic mass is 16.5. The number of fused-ring (bicyclic) bond motifs is 1. The zero-order chi connectivity index (χ0) is 21.3. The lowest BCUT2D eigenvalue weighted by Gasteiger charge is -2.43. The lowest BCUT2D eigenvalue weighted by Crippen LogP contribution is -2.40. The van der Waals surface area contributed by atoms with Crippen molar-refractivity contribution in [3.05, 3.63) is 52.6 Å². The van der Waals surface area contributed by atoms with Gasteiger partial charge in [0.05, 0.1) is 41.1 Å². The number of hydrogen-bond donors (Lipinski definition) is 1. The molecular weight excluding hydrogens is 372 g/mol. The van der Waals surface area contributed by atoms with Gasteiger partial charge in [-0.2, -0.15) is 0 Å². The van der Waals surface area contributed by atoms with Gasteiger partial charge in [0.2, 0.25) is 0 Å². The maximum absolute atomic E-state index is 12.4. The Hall–Kier alpha value is -2.86. The maximum atomic E-state index is 12.4. The highest BCUT2D eigenvalue weighted by Gasteiger charge is 2.50.